The summed E-state index contributed by atoms with van der Waals surface area (Å²) in [4.78, 5) is 14.2. The van der Waals surface area contributed by atoms with Gasteiger partial charge in [0, 0.05) is 6.20 Å². The number of rotatable bonds is 2. The summed E-state index contributed by atoms with van der Waals surface area (Å²) in [6.45, 7) is 1.96. The zero-order chi connectivity index (χ0) is 12.4. The van der Waals surface area contributed by atoms with Gasteiger partial charge in [0.2, 0.25) is 5.82 Å². The number of benzene rings is 1. The number of hydrogen-bond donors (Lipinski definition) is 1. The highest BCUT2D eigenvalue weighted by atomic mass is 16.6. The van der Waals surface area contributed by atoms with Crippen LogP contribution in [0.25, 0.3) is 11.1 Å². The normalized spacial score (nSPS) is 10.2. The van der Waals surface area contributed by atoms with Crippen molar-refractivity contribution in [3.05, 3.63) is 52.2 Å². The Morgan fingerprint density at radius 1 is 1.24 bits per heavy atom. The Labute approximate surface area is 98.1 Å². The van der Waals surface area contributed by atoms with Gasteiger partial charge in [0.1, 0.15) is 0 Å². The summed E-state index contributed by atoms with van der Waals surface area (Å²) in [6.07, 6.45) is 1.47. The second-order valence-electron chi connectivity index (χ2n) is 3.72. The summed E-state index contributed by atoms with van der Waals surface area (Å²) in [7, 11) is 0. The van der Waals surface area contributed by atoms with Crippen LogP contribution in [0.2, 0.25) is 0 Å². The number of aryl methyl sites for hydroxylation is 1. The molecule has 0 aliphatic rings. The first-order valence-corrected chi connectivity index (χ1v) is 5.05. The van der Waals surface area contributed by atoms with Gasteiger partial charge in [0.25, 0.3) is 0 Å². The Hall–Kier alpha value is -2.43. The second kappa shape index (κ2) is 4.21. The highest BCUT2D eigenvalue weighted by molar-refractivity contribution is 5.78. The maximum atomic E-state index is 11.0. The number of nitro groups is 1. The molecule has 0 radical (unpaired) electrons. The molecule has 1 heterocycles. The van der Waals surface area contributed by atoms with E-state index in [1.807, 2.05) is 31.2 Å². The number of nitrogens with two attached hydrogens (primary N) is 1. The molecule has 0 saturated heterocycles. The van der Waals surface area contributed by atoms with Crippen molar-refractivity contribution in [3.63, 3.8) is 0 Å². The van der Waals surface area contributed by atoms with Crippen LogP contribution in [0.5, 0.6) is 0 Å². The third-order valence-corrected chi connectivity index (χ3v) is 2.50. The summed E-state index contributed by atoms with van der Waals surface area (Å²) in [6, 6.07) is 9.05. The smallest absolute Gasteiger partial charge is 0.318 e. The summed E-state index contributed by atoms with van der Waals surface area (Å²) >= 11 is 0. The van der Waals surface area contributed by atoms with E-state index in [1.54, 1.807) is 6.07 Å². The zero-order valence-electron chi connectivity index (χ0n) is 9.25. The van der Waals surface area contributed by atoms with Gasteiger partial charge in [-0.2, -0.15) is 0 Å². The lowest BCUT2D eigenvalue weighted by Crippen LogP contribution is -2.00. The van der Waals surface area contributed by atoms with Crippen LogP contribution in [0.15, 0.2) is 36.5 Å². The molecular formula is C12H11N3O2. The van der Waals surface area contributed by atoms with Crippen molar-refractivity contribution in [3.8, 4) is 11.1 Å². The fraction of sp³-hybridized carbons (Fsp3) is 0.0833. The van der Waals surface area contributed by atoms with Crippen molar-refractivity contribution in [1.29, 1.82) is 0 Å². The van der Waals surface area contributed by atoms with Crippen LogP contribution in [0.3, 0.4) is 0 Å². The summed E-state index contributed by atoms with van der Waals surface area (Å²) in [5, 5.41) is 11.0. The molecule has 0 aliphatic heterocycles. The van der Waals surface area contributed by atoms with E-state index in [4.69, 9.17) is 5.73 Å². The van der Waals surface area contributed by atoms with Crippen molar-refractivity contribution in [2.75, 3.05) is 5.73 Å². The maximum absolute atomic E-state index is 11.0. The van der Waals surface area contributed by atoms with E-state index in [-0.39, 0.29) is 11.5 Å². The Bertz CT molecular complexity index is 564. The third kappa shape index (κ3) is 2.08. The van der Waals surface area contributed by atoms with Crippen molar-refractivity contribution >= 4 is 11.5 Å². The quantitative estimate of drug-likeness (QED) is 0.633. The molecule has 2 N–H and O–H groups in total. The van der Waals surface area contributed by atoms with Gasteiger partial charge < -0.3 is 5.73 Å². The molecule has 1 aromatic carbocycles. The minimum atomic E-state index is -0.502. The number of nitrogen functional groups attached to an aromatic ring is 1. The molecular weight excluding hydrogens is 218 g/mol. The molecule has 0 unspecified atom stereocenters. The topological polar surface area (TPSA) is 82.0 Å². The van der Waals surface area contributed by atoms with E-state index in [0.717, 1.165) is 11.1 Å². The Balaban J connectivity index is 2.63. The zero-order valence-corrected chi connectivity index (χ0v) is 9.25. The molecule has 2 rings (SSSR count). The molecule has 17 heavy (non-hydrogen) atoms. The summed E-state index contributed by atoms with van der Waals surface area (Å²) < 4.78 is 0. The van der Waals surface area contributed by atoms with E-state index in [9.17, 15) is 10.1 Å². The van der Waals surface area contributed by atoms with Gasteiger partial charge in [0.05, 0.1) is 10.5 Å². The number of anilines is 1. The van der Waals surface area contributed by atoms with E-state index >= 15 is 0 Å². The molecule has 0 fully saturated rings. The van der Waals surface area contributed by atoms with E-state index in [2.05, 4.69) is 4.98 Å². The van der Waals surface area contributed by atoms with Crippen molar-refractivity contribution < 1.29 is 4.92 Å². The minimum absolute atomic E-state index is 0.0620. The molecule has 0 atom stereocenters. The third-order valence-electron chi connectivity index (χ3n) is 2.50. The molecule has 5 heteroatoms. The largest absolute Gasteiger partial charge is 0.378 e. The second-order valence-corrected chi connectivity index (χ2v) is 3.72. The standard InChI is InChI=1S/C12H11N3O2/c1-8-2-4-9(5-3-8)10-6-7-14-12(13)11(10)15(16)17/h2-7H,1H3,(H2,13,14). The van der Waals surface area contributed by atoms with Crippen LogP contribution in [-0.2, 0) is 0 Å². The molecule has 0 aliphatic carbocycles. The van der Waals surface area contributed by atoms with Gasteiger partial charge in [-0.05, 0) is 18.6 Å². The fourth-order valence-corrected chi connectivity index (χ4v) is 1.63. The van der Waals surface area contributed by atoms with Crippen molar-refractivity contribution in [1.82, 2.24) is 4.98 Å². The molecule has 0 bridgehead atoms. The van der Waals surface area contributed by atoms with Gasteiger partial charge in [-0.25, -0.2) is 4.98 Å². The first-order valence-electron chi connectivity index (χ1n) is 5.05. The average Bonchev–Trinajstić information content (AvgIpc) is 2.29. The summed E-state index contributed by atoms with van der Waals surface area (Å²) in [5.41, 5.74) is 7.74. The van der Waals surface area contributed by atoms with E-state index in [0.29, 0.717) is 5.56 Å². The molecule has 2 aromatic rings. The molecule has 1 aromatic heterocycles. The van der Waals surface area contributed by atoms with Gasteiger partial charge in [0.15, 0.2) is 0 Å². The van der Waals surface area contributed by atoms with E-state index in [1.165, 1.54) is 6.20 Å². The van der Waals surface area contributed by atoms with Crippen molar-refractivity contribution in [2.24, 2.45) is 0 Å². The molecule has 0 saturated carbocycles. The SMILES string of the molecule is Cc1ccc(-c2ccnc(N)c2[N+](=O)[O-])cc1. The first-order chi connectivity index (χ1) is 8.09. The van der Waals surface area contributed by atoms with Crippen LogP contribution < -0.4 is 5.73 Å². The van der Waals surface area contributed by atoms with Gasteiger partial charge in [-0.1, -0.05) is 29.8 Å². The highest BCUT2D eigenvalue weighted by Gasteiger charge is 2.19. The number of aromatic nitrogens is 1. The minimum Gasteiger partial charge on any atom is -0.378 e. The first kappa shape index (κ1) is 11.1. The van der Waals surface area contributed by atoms with Crippen molar-refractivity contribution in [2.45, 2.75) is 6.92 Å². The fourth-order valence-electron chi connectivity index (χ4n) is 1.63. The lowest BCUT2D eigenvalue weighted by Gasteiger charge is -2.04. The molecule has 5 nitrogen and oxygen atoms in total. The molecule has 0 spiro atoms. The monoisotopic (exact) mass is 229 g/mol. The Morgan fingerprint density at radius 2 is 1.88 bits per heavy atom. The summed E-state index contributed by atoms with van der Waals surface area (Å²) in [5.74, 6) is -0.0620. The predicted octanol–water partition coefficient (Wildman–Crippen LogP) is 2.55. The Kier molecular flexibility index (Phi) is 2.74. The molecule has 86 valence electrons. The van der Waals surface area contributed by atoms with Gasteiger partial charge in [-0.15, -0.1) is 0 Å². The van der Waals surface area contributed by atoms with Crippen LogP contribution in [0.4, 0.5) is 11.5 Å². The number of pyridine rings is 1. The van der Waals surface area contributed by atoms with Crippen LogP contribution in [0, 0.1) is 17.0 Å². The number of nitrogens with zero attached hydrogens (tertiary/aromatic N) is 2. The van der Waals surface area contributed by atoms with Crippen LogP contribution >= 0.6 is 0 Å². The van der Waals surface area contributed by atoms with E-state index < -0.39 is 4.92 Å². The Morgan fingerprint density at radius 3 is 2.47 bits per heavy atom. The van der Waals surface area contributed by atoms with Gasteiger partial charge >= 0.3 is 5.69 Å². The maximum Gasteiger partial charge on any atom is 0.318 e. The highest BCUT2D eigenvalue weighted by Crippen LogP contribution is 2.32. The molecule has 0 amide bonds. The average molecular weight is 229 g/mol. The van der Waals surface area contributed by atoms with Crippen LogP contribution in [0.1, 0.15) is 5.56 Å². The number of hydrogen-bond acceptors (Lipinski definition) is 4. The lowest BCUT2D eigenvalue weighted by molar-refractivity contribution is -0.383. The van der Waals surface area contributed by atoms with Gasteiger partial charge in [-0.3, -0.25) is 10.1 Å². The lowest BCUT2D eigenvalue weighted by atomic mass is 10.0. The predicted molar refractivity (Wildman–Crippen MR) is 65.5 cm³/mol. The van der Waals surface area contributed by atoms with Crippen LogP contribution in [-0.4, -0.2) is 9.91 Å².